The number of ether oxygens (including phenoxy) is 1. The lowest BCUT2D eigenvalue weighted by Gasteiger charge is -1.91. The third kappa shape index (κ3) is 2.03. The molecule has 0 radical (unpaired) electrons. The molecule has 0 saturated carbocycles. The van der Waals surface area contributed by atoms with Crippen LogP contribution in [0.4, 0.5) is 0 Å². The first-order chi connectivity index (χ1) is 4.93. The number of hydrogen-bond acceptors (Lipinski definition) is 4. The SMILES string of the molecule is CC#CCOc1cnsn1. The van der Waals surface area contributed by atoms with Crippen molar-refractivity contribution in [3.05, 3.63) is 6.20 Å². The van der Waals surface area contributed by atoms with E-state index in [2.05, 4.69) is 20.6 Å². The fourth-order valence-corrected chi connectivity index (χ4v) is 0.767. The highest BCUT2D eigenvalue weighted by Crippen LogP contribution is 2.03. The lowest BCUT2D eigenvalue weighted by Crippen LogP contribution is -1.92. The van der Waals surface area contributed by atoms with Gasteiger partial charge in [-0.25, -0.2) is 0 Å². The van der Waals surface area contributed by atoms with Crippen LogP contribution >= 0.6 is 11.7 Å². The van der Waals surface area contributed by atoms with Gasteiger partial charge in [-0.15, -0.1) is 10.3 Å². The van der Waals surface area contributed by atoms with Gasteiger partial charge in [-0.1, -0.05) is 5.92 Å². The summed E-state index contributed by atoms with van der Waals surface area (Å²) >= 11 is 1.12. The van der Waals surface area contributed by atoms with E-state index < -0.39 is 0 Å². The van der Waals surface area contributed by atoms with Gasteiger partial charge in [-0.2, -0.15) is 4.37 Å². The fraction of sp³-hybridized carbons (Fsp3) is 0.333. The molecule has 0 atom stereocenters. The normalized spacial score (nSPS) is 8.10. The minimum atomic E-state index is 0.391. The molecule has 0 saturated heterocycles. The van der Waals surface area contributed by atoms with Gasteiger partial charge < -0.3 is 4.74 Å². The van der Waals surface area contributed by atoms with Crippen LogP contribution in [0.25, 0.3) is 0 Å². The molecule has 1 heterocycles. The van der Waals surface area contributed by atoms with Crippen molar-refractivity contribution in [1.82, 2.24) is 8.75 Å². The lowest BCUT2D eigenvalue weighted by molar-refractivity contribution is 0.358. The standard InChI is InChI=1S/C6H6N2OS/c1-2-3-4-9-6-5-7-10-8-6/h5H,4H2,1H3. The average molecular weight is 154 g/mol. The zero-order chi connectivity index (χ0) is 7.23. The van der Waals surface area contributed by atoms with Gasteiger partial charge >= 0.3 is 0 Å². The van der Waals surface area contributed by atoms with E-state index in [4.69, 9.17) is 4.74 Å². The Hall–Kier alpha value is -1.08. The Morgan fingerprint density at radius 1 is 1.80 bits per heavy atom. The fourth-order valence-electron chi connectivity index (χ4n) is 0.402. The van der Waals surface area contributed by atoms with E-state index in [1.807, 2.05) is 0 Å². The summed E-state index contributed by atoms with van der Waals surface area (Å²) in [5, 5.41) is 0. The highest BCUT2D eigenvalue weighted by Gasteiger charge is 1.91. The molecule has 10 heavy (non-hydrogen) atoms. The summed E-state index contributed by atoms with van der Waals surface area (Å²) in [5.74, 6) is 6.01. The summed E-state index contributed by atoms with van der Waals surface area (Å²) in [6.07, 6.45) is 1.57. The van der Waals surface area contributed by atoms with Crippen molar-refractivity contribution in [1.29, 1.82) is 0 Å². The first-order valence-corrected chi connectivity index (χ1v) is 3.46. The third-order valence-corrected chi connectivity index (χ3v) is 1.27. The van der Waals surface area contributed by atoms with Crippen molar-refractivity contribution >= 4 is 11.7 Å². The van der Waals surface area contributed by atoms with Crippen LogP contribution in [0, 0.1) is 11.8 Å². The summed E-state index contributed by atoms with van der Waals surface area (Å²) in [6, 6.07) is 0. The molecule has 0 amide bonds. The van der Waals surface area contributed by atoms with Gasteiger partial charge in [0, 0.05) is 0 Å². The zero-order valence-electron chi connectivity index (χ0n) is 5.50. The summed E-state index contributed by atoms with van der Waals surface area (Å²) in [4.78, 5) is 0. The summed E-state index contributed by atoms with van der Waals surface area (Å²) in [6.45, 7) is 2.16. The molecule has 0 aliphatic carbocycles. The monoisotopic (exact) mass is 154 g/mol. The molecule has 0 N–H and O–H groups in total. The highest BCUT2D eigenvalue weighted by molar-refractivity contribution is 6.99. The van der Waals surface area contributed by atoms with E-state index in [0.29, 0.717) is 12.5 Å². The van der Waals surface area contributed by atoms with Crippen LogP contribution in [0.2, 0.25) is 0 Å². The molecule has 0 spiro atoms. The van der Waals surface area contributed by atoms with Crippen LogP contribution in [-0.2, 0) is 0 Å². The Morgan fingerprint density at radius 2 is 2.70 bits per heavy atom. The van der Waals surface area contributed by atoms with Crippen molar-refractivity contribution in [2.24, 2.45) is 0 Å². The Kier molecular flexibility index (Phi) is 2.71. The molecule has 0 aromatic carbocycles. The number of rotatable bonds is 2. The van der Waals surface area contributed by atoms with Gasteiger partial charge in [0.15, 0.2) is 6.61 Å². The van der Waals surface area contributed by atoms with Crippen LogP contribution < -0.4 is 4.74 Å². The molecule has 3 nitrogen and oxygen atoms in total. The zero-order valence-corrected chi connectivity index (χ0v) is 6.31. The topological polar surface area (TPSA) is 35.0 Å². The first-order valence-electron chi connectivity index (χ1n) is 2.73. The molecule has 0 unspecified atom stereocenters. The van der Waals surface area contributed by atoms with Gasteiger partial charge in [0.1, 0.15) is 6.20 Å². The number of nitrogens with zero attached hydrogens (tertiary/aromatic N) is 2. The van der Waals surface area contributed by atoms with Crippen LogP contribution in [0.5, 0.6) is 5.88 Å². The van der Waals surface area contributed by atoms with Gasteiger partial charge in [-0.05, 0) is 6.92 Å². The van der Waals surface area contributed by atoms with E-state index in [9.17, 15) is 0 Å². The van der Waals surface area contributed by atoms with Crippen LogP contribution in [0.15, 0.2) is 6.20 Å². The minimum absolute atomic E-state index is 0.391. The van der Waals surface area contributed by atoms with E-state index in [0.717, 1.165) is 11.7 Å². The maximum absolute atomic E-state index is 5.05. The molecule has 0 fully saturated rings. The molecule has 1 aromatic heterocycles. The Bertz CT molecular complexity index is 234. The van der Waals surface area contributed by atoms with E-state index in [-0.39, 0.29) is 0 Å². The predicted octanol–water partition coefficient (Wildman–Crippen LogP) is 0.940. The smallest absolute Gasteiger partial charge is 0.246 e. The molecular formula is C6H6N2OS. The third-order valence-electron chi connectivity index (χ3n) is 0.810. The second-order valence-corrected chi connectivity index (χ2v) is 2.02. The number of hydrogen-bond donors (Lipinski definition) is 0. The number of aromatic nitrogens is 2. The van der Waals surface area contributed by atoms with Gasteiger partial charge in [0.2, 0.25) is 5.88 Å². The predicted molar refractivity (Wildman–Crippen MR) is 38.9 cm³/mol. The molecule has 0 bridgehead atoms. The van der Waals surface area contributed by atoms with Crippen molar-refractivity contribution in [3.63, 3.8) is 0 Å². The Balaban J connectivity index is 2.32. The second-order valence-electron chi connectivity index (χ2n) is 1.46. The average Bonchev–Trinajstić information content (AvgIpc) is 2.41. The largest absolute Gasteiger partial charge is 0.463 e. The van der Waals surface area contributed by atoms with Crippen LogP contribution in [0.1, 0.15) is 6.92 Å². The Morgan fingerprint density at radius 3 is 3.30 bits per heavy atom. The molecule has 4 heteroatoms. The van der Waals surface area contributed by atoms with Crippen molar-refractivity contribution < 1.29 is 4.74 Å². The summed E-state index contributed by atoms with van der Waals surface area (Å²) in [7, 11) is 0. The van der Waals surface area contributed by atoms with Crippen molar-refractivity contribution in [2.45, 2.75) is 6.92 Å². The van der Waals surface area contributed by atoms with Crippen molar-refractivity contribution in [2.75, 3.05) is 6.61 Å². The molecule has 0 aliphatic rings. The summed E-state index contributed by atoms with van der Waals surface area (Å²) < 4.78 is 12.6. The van der Waals surface area contributed by atoms with Crippen molar-refractivity contribution in [3.8, 4) is 17.7 Å². The summed E-state index contributed by atoms with van der Waals surface area (Å²) in [5.41, 5.74) is 0. The van der Waals surface area contributed by atoms with E-state index in [1.165, 1.54) is 0 Å². The van der Waals surface area contributed by atoms with E-state index in [1.54, 1.807) is 13.1 Å². The van der Waals surface area contributed by atoms with Gasteiger partial charge in [-0.3, -0.25) is 0 Å². The quantitative estimate of drug-likeness (QED) is 0.595. The highest BCUT2D eigenvalue weighted by atomic mass is 32.1. The molecular weight excluding hydrogens is 148 g/mol. The first kappa shape index (κ1) is 7.03. The minimum Gasteiger partial charge on any atom is -0.463 e. The lowest BCUT2D eigenvalue weighted by atomic mass is 10.6. The maximum atomic E-state index is 5.05. The molecule has 0 aliphatic heterocycles. The molecule has 52 valence electrons. The maximum Gasteiger partial charge on any atom is 0.246 e. The van der Waals surface area contributed by atoms with Crippen LogP contribution in [-0.4, -0.2) is 15.4 Å². The molecule has 1 rings (SSSR count). The van der Waals surface area contributed by atoms with Crippen LogP contribution in [0.3, 0.4) is 0 Å². The van der Waals surface area contributed by atoms with Gasteiger partial charge in [0.25, 0.3) is 0 Å². The second kappa shape index (κ2) is 3.85. The van der Waals surface area contributed by atoms with E-state index >= 15 is 0 Å². The Labute approximate surface area is 63.4 Å². The van der Waals surface area contributed by atoms with Gasteiger partial charge in [0.05, 0.1) is 11.7 Å². The molecule has 1 aromatic rings.